The number of nitrogens with one attached hydrogen (secondary N) is 1. The van der Waals surface area contributed by atoms with Gasteiger partial charge >= 0.3 is 0 Å². The third kappa shape index (κ3) is 2.76. The van der Waals surface area contributed by atoms with Crippen LogP contribution in [0.1, 0.15) is 44.9 Å². The Morgan fingerprint density at radius 1 is 1.31 bits per heavy atom. The first-order chi connectivity index (χ1) is 7.81. The molecule has 92 valence electrons. The Kier molecular flexibility index (Phi) is 4.22. The first-order valence-corrected chi connectivity index (χ1v) is 6.77. The number of amides is 1. The van der Waals surface area contributed by atoms with Crippen molar-refractivity contribution in [2.24, 2.45) is 5.92 Å². The standard InChI is InChI=1S/C13H24N2O/c1-14-12-8-10-15(13(12)16)9-4-7-11-5-2-3-6-11/h11-12,14H,2-10H2,1H3. The average molecular weight is 224 g/mol. The third-order valence-corrected chi connectivity index (χ3v) is 4.16. The molecular formula is C13H24N2O. The molecule has 2 rings (SSSR count). The molecule has 1 aliphatic heterocycles. The smallest absolute Gasteiger partial charge is 0.239 e. The number of likely N-dealkylation sites (tertiary alicyclic amines) is 1. The maximum absolute atomic E-state index is 11.8. The molecule has 1 unspecified atom stereocenters. The highest BCUT2D eigenvalue weighted by Crippen LogP contribution is 2.28. The minimum atomic E-state index is 0.0893. The number of rotatable bonds is 5. The van der Waals surface area contributed by atoms with Gasteiger partial charge in [-0.25, -0.2) is 0 Å². The largest absolute Gasteiger partial charge is 0.341 e. The molecule has 0 aromatic carbocycles. The van der Waals surface area contributed by atoms with Crippen molar-refractivity contribution < 1.29 is 4.79 Å². The topological polar surface area (TPSA) is 32.3 Å². The lowest BCUT2D eigenvalue weighted by Crippen LogP contribution is -2.36. The molecule has 0 aromatic rings. The summed E-state index contributed by atoms with van der Waals surface area (Å²) in [5.41, 5.74) is 0. The molecular weight excluding hydrogens is 200 g/mol. The molecule has 2 aliphatic rings. The number of carbonyl (C=O) groups excluding carboxylic acids is 1. The van der Waals surface area contributed by atoms with E-state index in [2.05, 4.69) is 5.32 Å². The van der Waals surface area contributed by atoms with Crippen LogP contribution in [0.25, 0.3) is 0 Å². The van der Waals surface area contributed by atoms with Gasteiger partial charge in [-0.05, 0) is 32.2 Å². The van der Waals surface area contributed by atoms with Crippen molar-refractivity contribution in [3.8, 4) is 0 Å². The van der Waals surface area contributed by atoms with Gasteiger partial charge in [-0.2, -0.15) is 0 Å². The van der Waals surface area contributed by atoms with E-state index in [4.69, 9.17) is 0 Å². The van der Waals surface area contributed by atoms with Gasteiger partial charge in [0.2, 0.25) is 5.91 Å². The van der Waals surface area contributed by atoms with Crippen molar-refractivity contribution in [3.63, 3.8) is 0 Å². The van der Waals surface area contributed by atoms with Crippen LogP contribution in [0, 0.1) is 5.92 Å². The van der Waals surface area contributed by atoms with Crippen LogP contribution in [0.15, 0.2) is 0 Å². The Morgan fingerprint density at radius 3 is 2.69 bits per heavy atom. The van der Waals surface area contributed by atoms with Crippen LogP contribution in [0.4, 0.5) is 0 Å². The number of hydrogen-bond donors (Lipinski definition) is 1. The quantitative estimate of drug-likeness (QED) is 0.772. The van der Waals surface area contributed by atoms with E-state index in [1.165, 1.54) is 38.5 Å². The molecule has 1 aliphatic carbocycles. The van der Waals surface area contributed by atoms with E-state index in [0.29, 0.717) is 5.91 Å². The second-order valence-electron chi connectivity index (χ2n) is 5.25. The number of hydrogen-bond acceptors (Lipinski definition) is 2. The SMILES string of the molecule is CNC1CCN(CCCC2CCCC2)C1=O. The number of nitrogens with zero attached hydrogens (tertiary/aromatic N) is 1. The molecule has 2 fully saturated rings. The summed E-state index contributed by atoms with van der Waals surface area (Å²) in [6, 6.07) is 0.0893. The Bertz CT molecular complexity index is 236. The molecule has 16 heavy (non-hydrogen) atoms. The van der Waals surface area contributed by atoms with E-state index in [9.17, 15) is 4.79 Å². The van der Waals surface area contributed by atoms with Crippen molar-refractivity contribution in [1.29, 1.82) is 0 Å². The minimum Gasteiger partial charge on any atom is -0.341 e. The van der Waals surface area contributed by atoms with E-state index in [1.54, 1.807) is 0 Å². The molecule has 3 heteroatoms. The van der Waals surface area contributed by atoms with Gasteiger partial charge in [0.25, 0.3) is 0 Å². The molecule has 1 saturated carbocycles. The second-order valence-corrected chi connectivity index (χ2v) is 5.25. The predicted molar refractivity (Wildman–Crippen MR) is 65.2 cm³/mol. The van der Waals surface area contributed by atoms with Gasteiger partial charge in [-0.1, -0.05) is 25.7 Å². The fourth-order valence-corrected chi connectivity index (χ4v) is 3.10. The Balaban J connectivity index is 1.64. The summed E-state index contributed by atoms with van der Waals surface area (Å²) in [6.07, 6.45) is 9.21. The molecule has 1 atom stereocenters. The van der Waals surface area contributed by atoms with Gasteiger partial charge in [0, 0.05) is 13.1 Å². The molecule has 1 saturated heterocycles. The van der Waals surface area contributed by atoms with Crippen molar-refractivity contribution in [3.05, 3.63) is 0 Å². The molecule has 0 spiro atoms. The second kappa shape index (κ2) is 5.67. The highest BCUT2D eigenvalue weighted by molar-refractivity contribution is 5.83. The highest BCUT2D eigenvalue weighted by atomic mass is 16.2. The van der Waals surface area contributed by atoms with Crippen molar-refractivity contribution in [2.75, 3.05) is 20.1 Å². The van der Waals surface area contributed by atoms with Gasteiger partial charge < -0.3 is 10.2 Å². The zero-order valence-corrected chi connectivity index (χ0v) is 10.4. The predicted octanol–water partition coefficient (Wildman–Crippen LogP) is 1.78. The van der Waals surface area contributed by atoms with E-state index in [1.807, 2.05) is 11.9 Å². The van der Waals surface area contributed by atoms with Crippen LogP contribution in [-0.2, 0) is 4.79 Å². The Hall–Kier alpha value is -0.570. The van der Waals surface area contributed by atoms with Crippen molar-refractivity contribution in [2.45, 2.75) is 51.0 Å². The summed E-state index contributed by atoms with van der Waals surface area (Å²) in [5.74, 6) is 1.27. The fraction of sp³-hybridized carbons (Fsp3) is 0.923. The number of likely N-dealkylation sites (N-methyl/N-ethyl adjacent to an activating group) is 1. The summed E-state index contributed by atoms with van der Waals surface area (Å²) in [6.45, 7) is 1.93. The van der Waals surface area contributed by atoms with E-state index in [-0.39, 0.29) is 6.04 Å². The van der Waals surface area contributed by atoms with Crippen molar-refractivity contribution >= 4 is 5.91 Å². The molecule has 3 nitrogen and oxygen atoms in total. The van der Waals surface area contributed by atoms with Crippen LogP contribution in [0.2, 0.25) is 0 Å². The molecule has 0 radical (unpaired) electrons. The zero-order valence-electron chi connectivity index (χ0n) is 10.4. The van der Waals surface area contributed by atoms with Crippen LogP contribution >= 0.6 is 0 Å². The summed E-state index contributed by atoms with van der Waals surface area (Å²) in [5, 5.41) is 3.08. The van der Waals surface area contributed by atoms with Crippen LogP contribution in [-0.4, -0.2) is 37.0 Å². The Labute approximate surface area is 98.6 Å². The zero-order chi connectivity index (χ0) is 11.4. The summed E-state index contributed by atoms with van der Waals surface area (Å²) in [7, 11) is 1.88. The van der Waals surface area contributed by atoms with Crippen LogP contribution in [0.5, 0.6) is 0 Å². The van der Waals surface area contributed by atoms with Crippen molar-refractivity contribution in [1.82, 2.24) is 10.2 Å². The van der Waals surface area contributed by atoms with E-state index in [0.717, 1.165) is 25.4 Å². The molecule has 1 amide bonds. The highest BCUT2D eigenvalue weighted by Gasteiger charge is 2.29. The third-order valence-electron chi connectivity index (χ3n) is 4.16. The van der Waals surface area contributed by atoms with Gasteiger partial charge in [0.05, 0.1) is 6.04 Å². The lowest BCUT2D eigenvalue weighted by atomic mass is 10.0. The maximum Gasteiger partial charge on any atom is 0.239 e. The molecule has 0 aromatic heterocycles. The van der Waals surface area contributed by atoms with Gasteiger partial charge in [0.1, 0.15) is 0 Å². The summed E-state index contributed by atoms with van der Waals surface area (Å²) in [4.78, 5) is 13.9. The molecule has 0 bridgehead atoms. The average Bonchev–Trinajstić information content (AvgIpc) is 2.90. The molecule has 1 N–H and O–H groups in total. The number of carbonyl (C=O) groups is 1. The van der Waals surface area contributed by atoms with Gasteiger partial charge in [0.15, 0.2) is 0 Å². The lowest BCUT2D eigenvalue weighted by Gasteiger charge is -2.17. The maximum atomic E-state index is 11.8. The Morgan fingerprint density at radius 2 is 2.06 bits per heavy atom. The minimum absolute atomic E-state index is 0.0893. The monoisotopic (exact) mass is 224 g/mol. The van der Waals surface area contributed by atoms with Gasteiger partial charge in [-0.15, -0.1) is 0 Å². The first kappa shape index (κ1) is 11.9. The van der Waals surface area contributed by atoms with E-state index >= 15 is 0 Å². The molecule has 1 heterocycles. The van der Waals surface area contributed by atoms with Gasteiger partial charge in [-0.3, -0.25) is 4.79 Å². The van der Waals surface area contributed by atoms with Crippen LogP contribution < -0.4 is 5.32 Å². The fourth-order valence-electron chi connectivity index (χ4n) is 3.10. The lowest BCUT2D eigenvalue weighted by molar-refractivity contribution is -0.129. The summed E-state index contributed by atoms with van der Waals surface area (Å²) >= 11 is 0. The normalized spacial score (nSPS) is 26.9. The first-order valence-electron chi connectivity index (χ1n) is 6.77. The van der Waals surface area contributed by atoms with Crippen LogP contribution in [0.3, 0.4) is 0 Å². The summed E-state index contributed by atoms with van der Waals surface area (Å²) < 4.78 is 0. The van der Waals surface area contributed by atoms with E-state index < -0.39 is 0 Å².